The van der Waals surface area contributed by atoms with E-state index in [-0.39, 0.29) is 29.4 Å². The van der Waals surface area contributed by atoms with Crippen molar-refractivity contribution in [1.29, 1.82) is 0 Å². The van der Waals surface area contributed by atoms with Crippen LogP contribution in [0.25, 0.3) is 0 Å². The molecule has 0 saturated carbocycles. The van der Waals surface area contributed by atoms with Gasteiger partial charge in [0.05, 0.1) is 30.2 Å². The van der Waals surface area contributed by atoms with Crippen molar-refractivity contribution in [3.63, 3.8) is 0 Å². The Morgan fingerprint density at radius 1 is 1.36 bits per heavy atom. The number of esters is 1. The van der Waals surface area contributed by atoms with Gasteiger partial charge in [-0.05, 0) is 33.2 Å². The van der Waals surface area contributed by atoms with E-state index < -0.39 is 5.79 Å². The molecule has 8 atom stereocenters. The zero-order valence-electron chi connectivity index (χ0n) is 15.0. The summed E-state index contributed by atoms with van der Waals surface area (Å²) in [5.74, 6) is 1.58. The number of carbonyl (C=O) groups is 1. The molecular formula is C19H23NO5. The van der Waals surface area contributed by atoms with Crippen molar-refractivity contribution in [3.8, 4) is 0 Å². The molecule has 6 heterocycles. The predicted octanol–water partition coefficient (Wildman–Crippen LogP) is 1.92. The highest BCUT2D eigenvalue weighted by Crippen LogP contribution is 2.72. The number of piperidine rings is 1. The average molecular weight is 345 g/mol. The molecular weight excluding hydrogens is 322 g/mol. The van der Waals surface area contributed by atoms with E-state index in [9.17, 15) is 4.79 Å². The Hall–Kier alpha value is -1.53. The number of fused-ring (bicyclic) bond motifs is 1. The lowest BCUT2D eigenvalue weighted by Gasteiger charge is -2.47. The molecule has 6 nitrogen and oxygen atoms in total. The highest BCUT2D eigenvalue weighted by molar-refractivity contribution is 5.93. The van der Waals surface area contributed by atoms with Gasteiger partial charge in [0.1, 0.15) is 5.76 Å². The lowest BCUT2D eigenvalue weighted by Crippen LogP contribution is -2.60. The molecule has 0 aromatic carbocycles. The number of ether oxygens (including phenoxy) is 4. The van der Waals surface area contributed by atoms with Crippen LogP contribution in [0.4, 0.5) is 0 Å². The molecule has 5 bridgehead atoms. The Morgan fingerprint density at radius 3 is 2.92 bits per heavy atom. The number of methoxy groups -OCH3 is 1. The smallest absolute Gasteiger partial charge is 0.343 e. The molecule has 0 N–H and O–H groups in total. The maximum atomic E-state index is 12.1. The summed E-state index contributed by atoms with van der Waals surface area (Å²) >= 11 is 0. The van der Waals surface area contributed by atoms with E-state index in [0.717, 1.165) is 25.1 Å². The first kappa shape index (κ1) is 14.6. The molecule has 1 unspecified atom stereocenters. The number of nitrogens with zero attached hydrogens (tertiary/aromatic N) is 1. The molecule has 5 saturated heterocycles. The predicted molar refractivity (Wildman–Crippen MR) is 85.8 cm³/mol. The summed E-state index contributed by atoms with van der Waals surface area (Å²) in [6.45, 7) is 7.39. The van der Waals surface area contributed by atoms with Crippen molar-refractivity contribution in [2.45, 2.75) is 57.1 Å². The summed E-state index contributed by atoms with van der Waals surface area (Å²) in [7, 11) is 1.57. The summed E-state index contributed by atoms with van der Waals surface area (Å²) in [4.78, 5) is 14.7. The zero-order valence-corrected chi connectivity index (χ0v) is 15.0. The maximum absolute atomic E-state index is 12.1. The molecule has 6 aliphatic rings. The van der Waals surface area contributed by atoms with Crippen molar-refractivity contribution in [3.05, 3.63) is 22.9 Å². The Balaban J connectivity index is 1.52. The zero-order chi connectivity index (χ0) is 17.3. The van der Waals surface area contributed by atoms with Gasteiger partial charge in [-0.1, -0.05) is 6.92 Å². The maximum Gasteiger partial charge on any atom is 0.343 e. The van der Waals surface area contributed by atoms with Crippen LogP contribution in [0.5, 0.6) is 0 Å². The van der Waals surface area contributed by atoms with E-state index in [1.54, 1.807) is 14.0 Å². The van der Waals surface area contributed by atoms with Crippen molar-refractivity contribution in [1.82, 2.24) is 4.90 Å². The number of carbonyl (C=O) groups excluding carboxylic acids is 1. The van der Waals surface area contributed by atoms with Crippen LogP contribution in [-0.4, -0.2) is 48.0 Å². The second-order valence-electron chi connectivity index (χ2n) is 8.55. The highest BCUT2D eigenvalue weighted by atomic mass is 16.7. The van der Waals surface area contributed by atoms with Crippen molar-refractivity contribution < 1.29 is 23.7 Å². The van der Waals surface area contributed by atoms with Gasteiger partial charge in [-0.3, -0.25) is 4.90 Å². The minimum atomic E-state index is -0.557. The second-order valence-corrected chi connectivity index (χ2v) is 8.55. The average Bonchev–Trinajstić information content (AvgIpc) is 3.26. The van der Waals surface area contributed by atoms with Gasteiger partial charge in [-0.25, -0.2) is 4.79 Å². The van der Waals surface area contributed by atoms with Crippen LogP contribution < -0.4 is 0 Å². The molecule has 6 rings (SSSR count). The van der Waals surface area contributed by atoms with Crippen molar-refractivity contribution >= 4 is 5.97 Å². The Kier molecular flexibility index (Phi) is 2.38. The van der Waals surface area contributed by atoms with Crippen LogP contribution in [0.2, 0.25) is 0 Å². The Morgan fingerprint density at radius 2 is 2.16 bits per heavy atom. The largest absolute Gasteiger partial charge is 0.492 e. The third-order valence-electron chi connectivity index (χ3n) is 7.88. The van der Waals surface area contributed by atoms with Gasteiger partial charge >= 0.3 is 5.97 Å². The summed E-state index contributed by atoms with van der Waals surface area (Å²) < 4.78 is 24.2. The quantitative estimate of drug-likeness (QED) is 0.677. The number of hydrogen-bond donors (Lipinski definition) is 0. The van der Waals surface area contributed by atoms with E-state index in [2.05, 4.69) is 18.7 Å². The van der Waals surface area contributed by atoms with Gasteiger partial charge in [0.15, 0.2) is 5.76 Å². The lowest BCUT2D eigenvalue weighted by molar-refractivity contribution is -0.255. The SMILES string of the molecule is COC1=C(C)C(=O)O/C1=C1/O[C@@]23O[C@@H]4C[C@@H]([C@H]2[C@@H]1C)N1CC[C@H]3[C@@]41C. The standard InChI is InChI=1S/C19H23NO5/c1-8-13-10-7-12-18(3)11(5-6-20(10)18)19(13,24-12)25-15(8)16-14(22-4)9(2)17(21)23-16/h8,10-13H,5-7H2,1-4H3/b16-15+/t8-,10-,11-,12+,13+,18-,19+/m0/s1. The summed E-state index contributed by atoms with van der Waals surface area (Å²) in [5, 5.41) is 0. The normalized spacial score (nSPS) is 57.4. The summed E-state index contributed by atoms with van der Waals surface area (Å²) in [5.41, 5.74) is 0.600. The third-order valence-corrected chi connectivity index (χ3v) is 7.88. The van der Waals surface area contributed by atoms with Crippen LogP contribution in [0.1, 0.15) is 33.6 Å². The second kappa shape index (κ2) is 4.07. The summed E-state index contributed by atoms with van der Waals surface area (Å²) in [6, 6.07) is 0.490. The van der Waals surface area contributed by atoms with E-state index >= 15 is 0 Å². The van der Waals surface area contributed by atoms with Crippen LogP contribution in [-0.2, 0) is 23.7 Å². The number of allylic oxidation sites excluding steroid dienone is 1. The molecule has 0 aromatic rings. The Bertz CT molecular complexity index is 787. The first-order valence-corrected chi connectivity index (χ1v) is 9.28. The molecule has 0 aromatic heterocycles. The molecule has 0 radical (unpaired) electrons. The fourth-order valence-corrected chi connectivity index (χ4v) is 6.93. The molecule has 0 aliphatic carbocycles. The third kappa shape index (κ3) is 1.29. The van der Waals surface area contributed by atoms with Gasteiger partial charge in [-0.2, -0.15) is 0 Å². The van der Waals surface area contributed by atoms with E-state index in [1.807, 2.05) is 0 Å². The minimum Gasteiger partial charge on any atom is -0.492 e. The Labute approximate surface area is 146 Å². The van der Waals surface area contributed by atoms with Crippen LogP contribution in [0.3, 0.4) is 0 Å². The monoisotopic (exact) mass is 345 g/mol. The van der Waals surface area contributed by atoms with Gasteiger partial charge in [-0.15, -0.1) is 0 Å². The lowest BCUT2D eigenvalue weighted by atomic mass is 9.71. The van der Waals surface area contributed by atoms with Gasteiger partial charge in [0.25, 0.3) is 0 Å². The van der Waals surface area contributed by atoms with Gasteiger partial charge in [0.2, 0.25) is 11.5 Å². The highest BCUT2D eigenvalue weighted by Gasteiger charge is 2.83. The molecule has 6 heteroatoms. The van der Waals surface area contributed by atoms with Crippen molar-refractivity contribution in [2.75, 3.05) is 13.7 Å². The van der Waals surface area contributed by atoms with E-state index in [0.29, 0.717) is 29.1 Å². The first-order valence-electron chi connectivity index (χ1n) is 9.28. The fourth-order valence-electron chi connectivity index (χ4n) is 6.93. The van der Waals surface area contributed by atoms with E-state index in [1.165, 1.54) is 0 Å². The number of rotatable bonds is 1. The minimum absolute atomic E-state index is 0.100. The molecule has 0 amide bonds. The van der Waals surface area contributed by atoms with Gasteiger partial charge < -0.3 is 18.9 Å². The van der Waals surface area contributed by atoms with E-state index in [4.69, 9.17) is 18.9 Å². The molecule has 134 valence electrons. The molecule has 5 fully saturated rings. The molecule has 1 spiro atoms. The summed E-state index contributed by atoms with van der Waals surface area (Å²) in [6.07, 6.45) is 2.45. The van der Waals surface area contributed by atoms with Crippen LogP contribution in [0, 0.1) is 17.8 Å². The van der Waals surface area contributed by atoms with Crippen LogP contribution >= 0.6 is 0 Å². The van der Waals surface area contributed by atoms with Gasteiger partial charge in [0, 0.05) is 17.9 Å². The fraction of sp³-hybridized carbons (Fsp3) is 0.737. The van der Waals surface area contributed by atoms with Crippen molar-refractivity contribution in [2.24, 2.45) is 17.8 Å². The number of cyclic esters (lactones) is 1. The number of hydrogen-bond acceptors (Lipinski definition) is 6. The van der Waals surface area contributed by atoms with Crippen LogP contribution in [0.15, 0.2) is 22.9 Å². The first-order chi connectivity index (χ1) is 11.9. The molecule has 25 heavy (non-hydrogen) atoms. The molecule has 6 aliphatic heterocycles. The topological polar surface area (TPSA) is 57.2 Å².